The van der Waals surface area contributed by atoms with E-state index < -0.39 is 10.0 Å². The van der Waals surface area contributed by atoms with Crippen molar-refractivity contribution in [1.82, 2.24) is 0 Å². The smallest absolute Gasteiger partial charge is 0.232 e. The Morgan fingerprint density at radius 1 is 1.24 bits per heavy atom. The average molecular weight is 257 g/mol. The Labute approximate surface area is 103 Å². The summed E-state index contributed by atoms with van der Waals surface area (Å²) < 4.78 is 25.8. The highest BCUT2D eigenvalue weighted by molar-refractivity contribution is 7.92. The fourth-order valence-corrected chi connectivity index (χ4v) is 2.69. The zero-order valence-electron chi connectivity index (χ0n) is 10.0. The lowest BCUT2D eigenvalue weighted by Crippen LogP contribution is -2.16. The first-order valence-corrected chi connectivity index (χ1v) is 7.48. The Morgan fingerprint density at radius 3 is 2.65 bits per heavy atom. The van der Waals surface area contributed by atoms with Gasteiger partial charge in [-0.1, -0.05) is 32.3 Å². The van der Waals surface area contributed by atoms with Gasteiger partial charge < -0.3 is 5.11 Å². The third kappa shape index (κ3) is 5.58. The number of phenolic OH excluding ortho intramolecular Hbond substituents is 1. The summed E-state index contributed by atoms with van der Waals surface area (Å²) in [5.74, 6) is 0.180. The largest absolute Gasteiger partial charge is 0.508 e. The van der Waals surface area contributed by atoms with Gasteiger partial charge in [-0.2, -0.15) is 0 Å². The van der Waals surface area contributed by atoms with E-state index in [1.807, 2.05) is 0 Å². The predicted molar refractivity (Wildman–Crippen MR) is 69.7 cm³/mol. The van der Waals surface area contributed by atoms with Crippen molar-refractivity contribution in [3.05, 3.63) is 24.3 Å². The van der Waals surface area contributed by atoms with Crippen molar-refractivity contribution < 1.29 is 13.5 Å². The summed E-state index contributed by atoms with van der Waals surface area (Å²) in [6.45, 7) is 2.08. The van der Waals surface area contributed by atoms with Crippen LogP contribution in [0.25, 0.3) is 0 Å². The van der Waals surface area contributed by atoms with Gasteiger partial charge in [-0.25, -0.2) is 8.42 Å². The zero-order valence-corrected chi connectivity index (χ0v) is 10.8. The van der Waals surface area contributed by atoms with E-state index in [0.717, 1.165) is 19.3 Å². The van der Waals surface area contributed by atoms with Crippen LogP contribution in [-0.2, 0) is 10.0 Å². The summed E-state index contributed by atoms with van der Waals surface area (Å²) in [4.78, 5) is 0. The highest BCUT2D eigenvalue weighted by Crippen LogP contribution is 2.17. The Kier molecular flexibility index (Phi) is 5.28. The van der Waals surface area contributed by atoms with E-state index in [0.29, 0.717) is 12.1 Å². The molecule has 0 aliphatic heterocycles. The van der Waals surface area contributed by atoms with Gasteiger partial charge in [0.15, 0.2) is 0 Å². The van der Waals surface area contributed by atoms with Crippen LogP contribution in [0.1, 0.15) is 32.6 Å². The van der Waals surface area contributed by atoms with E-state index in [9.17, 15) is 13.5 Å². The monoisotopic (exact) mass is 257 g/mol. The van der Waals surface area contributed by atoms with Crippen LogP contribution in [0.4, 0.5) is 5.69 Å². The van der Waals surface area contributed by atoms with Gasteiger partial charge in [0, 0.05) is 6.07 Å². The molecule has 2 N–H and O–H groups in total. The number of hydrogen-bond acceptors (Lipinski definition) is 3. The maximum absolute atomic E-state index is 11.7. The van der Waals surface area contributed by atoms with Crippen molar-refractivity contribution in [2.24, 2.45) is 0 Å². The van der Waals surface area contributed by atoms with E-state index in [2.05, 4.69) is 11.6 Å². The number of unbranched alkanes of at least 4 members (excludes halogenated alkanes) is 3. The van der Waals surface area contributed by atoms with Crippen LogP contribution < -0.4 is 4.72 Å². The Morgan fingerprint density at radius 2 is 2.00 bits per heavy atom. The van der Waals surface area contributed by atoms with Gasteiger partial charge in [0.2, 0.25) is 10.0 Å². The molecule has 1 rings (SSSR count). The van der Waals surface area contributed by atoms with Gasteiger partial charge in [0.25, 0.3) is 0 Å². The number of sulfonamides is 1. The van der Waals surface area contributed by atoms with Gasteiger partial charge in [-0.3, -0.25) is 4.72 Å². The quantitative estimate of drug-likeness (QED) is 0.738. The molecular formula is C12H19NO3S. The fraction of sp³-hybridized carbons (Fsp3) is 0.500. The summed E-state index contributed by atoms with van der Waals surface area (Å²) in [6.07, 6.45) is 3.74. The summed E-state index contributed by atoms with van der Waals surface area (Å²) in [5.41, 5.74) is 0.403. The van der Waals surface area contributed by atoms with E-state index in [4.69, 9.17) is 0 Å². The highest BCUT2D eigenvalue weighted by atomic mass is 32.2. The molecule has 0 unspecified atom stereocenters. The molecule has 0 aromatic heterocycles. The number of benzene rings is 1. The molecule has 0 heterocycles. The first-order valence-electron chi connectivity index (χ1n) is 5.83. The Balaban J connectivity index is 2.49. The average Bonchev–Trinajstić information content (AvgIpc) is 2.24. The lowest BCUT2D eigenvalue weighted by Gasteiger charge is -2.07. The molecule has 17 heavy (non-hydrogen) atoms. The standard InChI is InChI=1S/C12H19NO3S/c1-2-3-4-5-9-17(15,16)13-11-7-6-8-12(14)10-11/h6-8,10,13-14H,2-5,9H2,1H3. The van der Waals surface area contributed by atoms with Crippen molar-refractivity contribution >= 4 is 15.7 Å². The summed E-state index contributed by atoms with van der Waals surface area (Å²) in [7, 11) is -3.29. The summed E-state index contributed by atoms with van der Waals surface area (Å²) >= 11 is 0. The molecular weight excluding hydrogens is 238 g/mol. The molecule has 0 atom stereocenters. The summed E-state index contributed by atoms with van der Waals surface area (Å²) in [5, 5.41) is 9.22. The van der Waals surface area contributed by atoms with Crippen LogP contribution in [0.2, 0.25) is 0 Å². The molecule has 0 bridgehead atoms. The number of nitrogens with one attached hydrogen (secondary N) is 1. The van der Waals surface area contributed by atoms with E-state index in [1.165, 1.54) is 12.1 Å². The van der Waals surface area contributed by atoms with Crippen LogP contribution in [0.3, 0.4) is 0 Å². The molecule has 96 valence electrons. The molecule has 0 radical (unpaired) electrons. The minimum absolute atomic E-state index is 0.0520. The maximum Gasteiger partial charge on any atom is 0.232 e. The van der Waals surface area contributed by atoms with Crippen molar-refractivity contribution in [2.75, 3.05) is 10.5 Å². The van der Waals surface area contributed by atoms with Crippen LogP contribution in [-0.4, -0.2) is 19.3 Å². The van der Waals surface area contributed by atoms with Crippen molar-refractivity contribution in [1.29, 1.82) is 0 Å². The molecule has 0 aliphatic rings. The lowest BCUT2D eigenvalue weighted by atomic mass is 10.2. The number of phenols is 1. The molecule has 0 saturated heterocycles. The minimum atomic E-state index is -3.29. The fourth-order valence-electron chi connectivity index (χ4n) is 1.52. The van der Waals surface area contributed by atoms with Crippen LogP contribution in [0.5, 0.6) is 5.75 Å². The topological polar surface area (TPSA) is 66.4 Å². The van der Waals surface area contributed by atoms with Gasteiger partial charge in [-0.05, 0) is 18.6 Å². The van der Waals surface area contributed by atoms with Crippen molar-refractivity contribution in [3.63, 3.8) is 0 Å². The molecule has 4 nitrogen and oxygen atoms in total. The van der Waals surface area contributed by atoms with Gasteiger partial charge in [-0.15, -0.1) is 0 Å². The number of hydrogen-bond donors (Lipinski definition) is 2. The predicted octanol–water partition coefficient (Wildman–Crippen LogP) is 2.71. The second kappa shape index (κ2) is 6.49. The Hall–Kier alpha value is -1.23. The van der Waals surface area contributed by atoms with Crippen LogP contribution in [0.15, 0.2) is 24.3 Å². The third-order valence-corrected chi connectivity index (χ3v) is 3.76. The highest BCUT2D eigenvalue weighted by Gasteiger charge is 2.09. The van der Waals surface area contributed by atoms with E-state index in [1.54, 1.807) is 12.1 Å². The van der Waals surface area contributed by atoms with E-state index in [-0.39, 0.29) is 11.5 Å². The van der Waals surface area contributed by atoms with Gasteiger partial charge in [0.1, 0.15) is 5.75 Å². The Bertz CT molecular complexity index is 443. The van der Waals surface area contributed by atoms with Crippen molar-refractivity contribution in [3.8, 4) is 5.75 Å². The molecule has 1 aromatic rings. The molecule has 0 aliphatic carbocycles. The second-order valence-electron chi connectivity index (χ2n) is 4.03. The van der Waals surface area contributed by atoms with Crippen LogP contribution in [0, 0.1) is 0 Å². The third-order valence-electron chi connectivity index (χ3n) is 2.39. The number of anilines is 1. The molecule has 0 spiro atoms. The number of aromatic hydroxyl groups is 1. The molecule has 1 aromatic carbocycles. The molecule has 0 amide bonds. The zero-order chi connectivity index (χ0) is 12.7. The normalized spacial score (nSPS) is 11.4. The lowest BCUT2D eigenvalue weighted by molar-refractivity contribution is 0.475. The van der Waals surface area contributed by atoms with Crippen LogP contribution >= 0.6 is 0 Å². The van der Waals surface area contributed by atoms with E-state index >= 15 is 0 Å². The second-order valence-corrected chi connectivity index (χ2v) is 5.87. The van der Waals surface area contributed by atoms with Gasteiger partial charge >= 0.3 is 0 Å². The molecule has 0 saturated carbocycles. The van der Waals surface area contributed by atoms with Gasteiger partial charge in [0.05, 0.1) is 11.4 Å². The first-order chi connectivity index (χ1) is 8.03. The summed E-state index contributed by atoms with van der Waals surface area (Å²) in [6, 6.07) is 6.11. The molecule has 0 fully saturated rings. The maximum atomic E-state index is 11.7. The van der Waals surface area contributed by atoms with Crippen molar-refractivity contribution in [2.45, 2.75) is 32.6 Å². The minimum Gasteiger partial charge on any atom is -0.508 e. The molecule has 5 heteroatoms. The number of rotatable bonds is 7. The first kappa shape index (κ1) is 13.8. The SMILES string of the molecule is CCCCCCS(=O)(=O)Nc1cccc(O)c1.